The van der Waals surface area contributed by atoms with Crippen molar-refractivity contribution in [3.8, 4) is 0 Å². The van der Waals surface area contributed by atoms with Gasteiger partial charge in [0.15, 0.2) is 0 Å². The van der Waals surface area contributed by atoms with Crippen LogP contribution in [0.5, 0.6) is 0 Å². The molecule has 1 fully saturated rings. The first-order valence-electron chi connectivity index (χ1n) is 5.46. The van der Waals surface area contributed by atoms with E-state index < -0.39 is 23.5 Å². The lowest BCUT2D eigenvalue weighted by Gasteiger charge is -2.38. The van der Waals surface area contributed by atoms with Crippen molar-refractivity contribution < 1.29 is 19.0 Å². The lowest BCUT2D eigenvalue weighted by molar-refractivity contribution is -0.0734. The number of aliphatic hydroxyl groups is 1. The number of hydrogen-bond acceptors (Lipinski definition) is 3. The fraction of sp³-hybridized carbons (Fsp3) is 0.909. The number of carbonyl (C=O) groups is 1. The third-order valence-electron chi connectivity index (χ3n) is 2.60. The van der Waals surface area contributed by atoms with Crippen molar-refractivity contribution in [2.24, 2.45) is 0 Å². The normalized spacial score (nSPS) is 31.4. The van der Waals surface area contributed by atoms with Crippen LogP contribution < -0.4 is 0 Å². The summed E-state index contributed by atoms with van der Waals surface area (Å²) in [6.45, 7) is 6.95. The lowest BCUT2D eigenvalue weighted by Crippen LogP contribution is -2.54. The number of alkyl halides is 1. The first kappa shape index (κ1) is 13.2. The Morgan fingerprint density at radius 3 is 2.56 bits per heavy atom. The molecule has 0 saturated carbocycles. The number of rotatable bonds is 0. The molecule has 0 aromatic rings. The minimum Gasteiger partial charge on any atom is -0.444 e. The maximum atomic E-state index is 13.5. The van der Waals surface area contributed by atoms with Gasteiger partial charge >= 0.3 is 6.09 Å². The molecule has 16 heavy (non-hydrogen) atoms. The van der Waals surface area contributed by atoms with Gasteiger partial charge in [0.25, 0.3) is 0 Å². The summed E-state index contributed by atoms with van der Waals surface area (Å²) in [7, 11) is 0. The summed E-state index contributed by atoms with van der Waals surface area (Å²) >= 11 is 0. The highest BCUT2D eigenvalue weighted by molar-refractivity contribution is 5.68. The van der Waals surface area contributed by atoms with Gasteiger partial charge in [-0.05, 0) is 34.1 Å². The molecule has 0 unspecified atom stereocenters. The van der Waals surface area contributed by atoms with E-state index >= 15 is 0 Å². The Morgan fingerprint density at radius 1 is 1.56 bits per heavy atom. The second kappa shape index (κ2) is 4.20. The Kier molecular flexibility index (Phi) is 3.47. The van der Waals surface area contributed by atoms with E-state index in [0.717, 1.165) is 0 Å². The van der Waals surface area contributed by atoms with E-state index in [-0.39, 0.29) is 13.0 Å². The van der Waals surface area contributed by atoms with E-state index in [1.54, 1.807) is 20.8 Å². The molecule has 1 rings (SSSR count). The zero-order valence-corrected chi connectivity index (χ0v) is 10.3. The summed E-state index contributed by atoms with van der Waals surface area (Å²) in [4.78, 5) is 12.9. The standard InChI is InChI=1S/C11H20FNO3/c1-10(2,3)16-9(14)13-6-5-11(4,15)8(12)7-13/h8,15H,5-7H2,1-4H3/t8-,11+/m1/s1. The van der Waals surface area contributed by atoms with Crippen molar-refractivity contribution in [2.75, 3.05) is 13.1 Å². The van der Waals surface area contributed by atoms with Crippen molar-refractivity contribution in [1.82, 2.24) is 4.90 Å². The van der Waals surface area contributed by atoms with E-state index in [4.69, 9.17) is 4.74 Å². The summed E-state index contributed by atoms with van der Waals surface area (Å²) in [6.07, 6.45) is -1.72. The van der Waals surface area contributed by atoms with Crippen LogP contribution in [0.1, 0.15) is 34.1 Å². The fourth-order valence-corrected chi connectivity index (χ4v) is 1.49. The topological polar surface area (TPSA) is 49.8 Å². The zero-order valence-electron chi connectivity index (χ0n) is 10.3. The van der Waals surface area contributed by atoms with Crippen LogP contribution in [0.15, 0.2) is 0 Å². The molecule has 0 aromatic heterocycles. The molecule has 5 heteroatoms. The number of ether oxygens (including phenoxy) is 1. The second-order valence-electron chi connectivity index (χ2n) is 5.50. The third kappa shape index (κ3) is 3.33. The van der Waals surface area contributed by atoms with Crippen LogP contribution in [0.3, 0.4) is 0 Å². The Labute approximate surface area is 95.4 Å². The van der Waals surface area contributed by atoms with Crippen LogP contribution in [-0.4, -0.2) is 46.6 Å². The average molecular weight is 233 g/mol. The molecule has 1 saturated heterocycles. The molecule has 94 valence electrons. The van der Waals surface area contributed by atoms with Gasteiger partial charge in [-0.25, -0.2) is 9.18 Å². The third-order valence-corrected chi connectivity index (χ3v) is 2.60. The quantitative estimate of drug-likeness (QED) is 0.693. The number of nitrogens with zero attached hydrogens (tertiary/aromatic N) is 1. The first-order chi connectivity index (χ1) is 7.12. The number of likely N-dealkylation sites (tertiary alicyclic amines) is 1. The number of carbonyl (C=O) groups excluding carboxylic acids is 1. The van der Waals surface area contributed by atoms with Crippen LogP contribution in [-0.2, 0) is 4.74 Å². The van der Waals surface area contributed by atoms with E-state index in [1.165, 1.54) is 11.8 Å². The molecule has 1 amide bonds. The Balaban J connectivity index is 2.55. The van der Waals surface area contributed by atoms with Gasteiger partial charge < -0.3 is 14.7 Å². The molecule has 0 aliphatic carbocycles. The first-order valence-corrected chi connectivity index (χ1v) is 5.46. The number of piperidine rings is 1. The van der Waals surface area contributed by atoms with Crippen molar-refractivity contribution in [1.29, 1.82) is 0 Å². The van der Waals surface area contributed by atoms with Crippen LogP contribution in [0.2, 0.25) is 0 Å². The molecular weight excluding hydrogens is 213 g/mol. The van der Waals surface area contributed by atoms with Gasteiger partial charge in [0.05, 0.1) is 12.1 Å². The average Bonchev–Trinajstić information content (AvgIpc) is 2.06. The molecule has 1 N–H and O–H groups in total. The van der Waals surface area contributed by atoms with Crippen LogP contribution >= 0.6 is 0 Å². The van der Waals surface area contributed by atoms with Gasteiger partial charge in [0.2, 0.25) is 0 Å². The maximum Gasteiger partial charge on any atom is 0.410 e. The largest absolute Gasteiger partial charge is 0.444 e. The summed E-state index contributed by atoms with van der Waals surface area (Å²) in [6, 6.07) is 0. The van der Waals surface area contributed by atoms with E-state index in [1.807, 2.05) is 0 Å². The summed E-state index contributed by atoms with van der Waals surface area (Å²) in [5.41, 5.74) is -1.92. The predicted octanol–water partition coefficient (Wildman–Crippen LogP) is 1.72. The smallest absolute Gasteiger partial charge is 0.410 e. The Bertz CT molecular complexity index is 273. The van der Waals surface area contributed by atoms with Crippen LogP contribution in [0, 0.1) is 0 Å². The highest BCUT2D eigenvalue weighted by Crippen LogP contribution is 2.25. The predicted molar refractivity (Wildman–Crippen MR) is 57.9 cm³/mol. The van der Waals surface area contributed by atoms with Gasteiger partial charge in [-0.1, -0.05) is 0 Å². The van der Waals surface area contributed by atoms with Gasteiger partial charge in [-0.2, -0.15) is 0 Å². The molecule has 2 atom stereocenters. The zero-order chi connectivity index (χ0) is 12.6. The Hall–Kier alpha value is -0.840. The number of amides is 1. The van der Waals surface area contributed by atoms with Crippen molar-refractivity contribution in [2.45, 2.75) is 51.5 Å². The summed E-state index contributed by atoms with van der Waals surface area (Å²) < 4.78 is 18.6. The minimum absolute atomic E-state index is 0.109. The molecule has 1 aliphatic rings. The van der Waals surface area contributed by atoms with Gasteiger partial charge in [-0.15, -0.1) is 0 Å². The van der Waals surface area contributed by atoms with E-state index in [9.17, 15) is 14.3 Å². The highest BCUT2D eigenvalue weighted by Gasteiger charge is 2.40. The number of halogens is 1. The monoisotopic (exact) mass is 233 g/mol. The van der Waals surface area contributed by atoms with E-state index in [2.05, 4.69) is 0 Å². The fourth-order valence-electron chi connectivity index (χ4n) is 1.49. The Morgan fingerprint density at radius 2 is 2.12 bits per heavy atom. The molecule has 0 radical (unpaired) electrons. The molecule has 4 nitrogen and oxygen atoms in total. The van der Waals surface area contributed by atoms with Gasteiger partial charge in [0.1, 0.15) is 11.8 Å². The second-order valence-corrected chi connectivity index (χ2v) is 5.50. The molecule has 1 heterocycles. The maximum absolute atomic E-state index is 13.5. The van der Waals surface area contributed by atoms with Crippen molar-refractivity contribution in [3.63, 3.8) is 0 Å². The van der Waals surface area contributed by atoms with Crippen LogP contribution in [0.4, 0.5) is 9.18 Å². The van der Waals surface area contributed by atoms with Crippen LogP contribution in [0.25, 0.3) is 0 Å². The molecule has 0 aromatic carbocycles. The minimum atomic E-state index is -1.42. The molecule has 0 spiro atoms. The van der Waals surface area contributed by atoms with Crippen molar-refractivity contribution >= 4 is 6.09 Å². The van der Waals surface area contributed by atoms with E-state index in [0.29, 0.717) is 6.54 Å². The number of hydrogen-bond donors (Lipinski definition) is 1. The van der Waals surface area contributed by atoms with Gasteiger partial charge in [-0.3, -0.25) is 0 Å². The summed E-state index contributed by atoms with van der Waals surface area (Å²) in [5.74, 6) is 0. The SMILES string of the molecule is CC(C)(C)OC(=O)N1CC[C@](C)(O)[C@H](F)C1. The lowest BCUT2D eigenvalue weighted by atomic mass is 9.92. The highest BCUT2D eigenvalue weighted by atomic mass is 19.1. The van der Waals surface area contributed by atoms with Crippen molar-refractivity contribution in [3.05, 3.63) is 0 Å². The summed E-state index contributed by atoms with van der Waals surface area (Å²) in [5, 5.41) is 9.62. The molecule has 0 bridgehead atoms. The van der Waals surface area contributed by atoms with Gasteiger partial charge in [0, 0.05) is 6.54 Å². The molecule has 1 aliphatic heterocycles. The molecular formula is C11H20FNO3.